The molecule has 0 heterocycles. The molecule has 2 aromatic carbocycles. The van der Waals surface area contributed by atoms with Gasteiger partial charge in [0.15, 0.2) is 11.2 Å². The molecule has 0 saturated carbocycles. The lowest BCUT2D eigenvalue weighted by molar-refractivity contribution is -0.166. The van der Waals surface area contributed by atoms with E-state index in [2.05, 4.69) is 0 Å². The molecule has 1 unspecified atom stereocenters. The van der Waals surface area contributed by atoms with Crippen molar-refractivity contribution < 1.29 is 23.9 Å². The van der Waals surface area contributed by atoms with Crippen LogP contribution in [0, 0.1) is 11.3 Å². The molecule has 0 fully saturated rings. The van der Waals surface area contributed by atoms with Crippen LogP contribution in [0.3, 0.4) is 0 Å². The molecule has 0 radical (unpaired) electrons. The number of ether oxygens (including phenoxy) is 2. The number of rotatable bonds is 5. The molecule has 0 amide bonds. The van der Waals surface area contributed by atoms with E-state index in [1.807, 2.05) is 6.07 Å². The lowest BCUT2D eigenvalue weighted by atomic mass is 9.60. The second-order valence-electron chi connectivity index (χ2n) is 6.71. The summed E-state index contributed by atoms with van der Waals surface area (Å²) in [6.07, 6.45) is -0.0550. The molecule has 0 aliphatic heterocycles. The van der Waals surface area contributed by atoms with Crippen LogP contribution < -0.4 is 0 Å². The van der Waals surface area contributed by atoms with Crippen molar-refractivity contribution >= 4 is 17.7 Å². The van der Waals surface area contributed by atoms with Gasteiger partial charge in [0.2, 0.25) is 0 Å². The van der Waals surface area contributed by atoms with Crippen LogP contribution >= 0.6 is 0 Å². The van der Waals surface area contributed by atoms with Crippen LogP contribution in [0.25, 0.3) is 0 Å². The summed E-state index contributed by atoms with van der Waals surface area (Å²) < 4.78 is 10.7. The highest BCUT2D eigenvalue weighted by Gasteiger charge is 2.60. The molecule has 0 N–H and O–H groups in total. The SMILES string of the molecule is CCOC(=O)C1(C(=O)OCC)c2ccccc2C(=O)CC1c1ccc(C#N)cc1. The Hall–Kier alpha value is -3.46. The highest BCUT2D eigenvalue weighted by Crippen LogP contribution is 2.49. The number of nitriles is 1. The lowest BCUT2D eigenvalue weighted by Crippen LogP contribution is -2.54. The predicted molar refractivity (Wildman–Crippen MR) is 104 cm³/mol. The largest absolute Gasteiger partial charge is 0.465 e. The third-order valence-corrected chi connectivity index (χ3v) is 5.20. The van der Waals surface area contributed by atoms with Gasteiger partial charge >= 0.3 is 11.9 Å². The van der Waals surface area contributed by atoms with Gasteiger partial charge in [-0.05, 0) is 37.1 Å². The zero-order valence-electron chi connectivity index (χ0n) is 16.3. The second kappa shape index (κ2) is 8.27. The van der Waals surface area contributed by atoms with E-state index in [1.165, 1.54) is 0 Å². The Morgan fingerprint density at radius 1 is 1.03 bits per heavy atom. The molecule has 1 aliphatic carbocycles. The van der Waals surface area contributed by atoms with E-state index >= 15 is 0 Å². The van der Waals surface area contributed by atoms with Crippen LogP contribution in [-0.4, -0.2) is 30.9 Å². The van der Waals surface area contributed by atoms with E-state index in [0.29, 0.717) is 22.3 Å². The van der Waals surface area contributed by atoms with Gasteiger partial charge in [-0.15, -0.1) is 0 Å². The molecule has 0 aromatic heterocycles. The molecule has 0 saturated heterocycles. The quantitative estimate of drug-likeness (QED) is 0.573. The number of hydrogen-bond donors (Lipinski definition) is 0. The van der Waals surface area contributed by atoms with Gasteiger partial charge in [0.05, 0.1) is 24.8 Å². The van der Waals surface area contributed by atoms with Crippen LogP contribution in [0.4, 0.5) is 0 Å². The van der Waals surface area contributed by atoms with Crippen molar-refractivity contribution in [3.63, 3.8) is 0 Å². The number of benzene rings is 2. The van der Waals surface area contributed by atoms with Gasteiger partial charge in [-0.25, -0.2) is 0 Å². The minimum atomic E-state index is -1.80. The van der Waals surface area contributed by atoms with Crippen LogP contribution in [0.15, 0.2) is 48.5 Å². The summed E-state index contributed by atoms with van der Waals surface area (Å²) in [7, 11) is 0. The highest BCUT2D eigenvalue weighted by atomic mass is 16.6. The topological polar surface area (TPSA) is 93.5 Å². The van der Waals surface area contributed by atoms with Gasteiger partial charge < -0.3 is 9.47 Å². The second-order valence-corrected chi connectivity index (χ2v) is 6.71. The van der Waals surface area contributed by atoms with Crippen LogP contribution in [0.1, 0.15) is 53.2 Å². The third-order valence-electron chi connectivity index (χ3n) is 5.20. The Morgan fingerprint density at radius 2 is 1.62 bits per heavy atom. The summed E-state index contributed by atoms with van der Waals surface area (Å²) in [4.78, 5) is 39.5. The number of hydrogen-bond acceptors (Lipinski definition) is 6. The molecule has 6 nitrogen and oxygen atoms in total. The van der Waals surface area contributed by atoms with E-state index in [1.54, 1.807) is 62.4 Å². The molecule has 0 bridgehead atoms. The van der Waals surface area contributed by atoms with E-state index in [4.69, 9.17) is 14.7 Å². The van der Waals surface area contributed by atoms with Crippen molar-refractivity contribution in [1.82, 2.24) is 0 Å². The Balaban J connectivity index is 2.31. The van der Waals surface area contributed by atoms with Crippen molar-refractivity contribution in [3.8, 4) is 6.07 Å². The molecule has 6 heteroatoms. The monoisotopic (exact) mass is 391 g/mol. The number of nitrogens with zero attached hydrogens (tertiary/aromatic N) is 1. The average molecular weight is 391 g/mol. The Kier molecular flexibility index (Phi) is 5.79. The summed E-state index contributed by atoms with van der Waals surface area (Å²) >= 11 is 0. The highest BCUT2D eigenvalue weighted by molar-refractivity contribution is 6.14. The number of carbonyl (C=O) groups is 3. The number of ketones is 1. The fourth-order valence-corrected chi connectivity index (χ4v) is 3.94. The molecule has 1 atom stereocenters. The summed E-state index contributed by atoms with van der Waals surface area (Å²) in [5, 5.41) is 9.08. The third kappa shape index (κ3) is 3.29. The number of esters is 2. The van der Waals surface area contributed by atoms with Gasteiger partial charge in [-0.3, -0.25) is 14.4 Å². The molecule has 3 rings (SSSR count). The van der Waals surface area contributed by atoms with Gasteiger partial charge in [-0.2, -0.15) is 5.26 Å². The van der Waals surface area contributed by atoms with E-state index in [9.17, 15) is 14.4 Å². The maximum atomic E-state index is 13.3. The van der Waals surface area contributed by atoms with Crippen LogP contribution in [0.5, 0.6) is 0 Å². The summed E-state index contributed by atoms with van der Waals surface area (Å²) in [6.45, 7) is 3.48. The van der Waals surface area contributed by atoms with E-state index in [0.717, 1.165) is 0 Å². The van der Waals surface area contributed by atoms with Crippen molar-refractivity contribution in [3.05, 3.63) is 70.8 Å². The molecular formula is C23H21NO5. The van der Waals surface area contributed by atoms with Gasteiger partial charge in [0, 0.05) is 17.9 Å². The first-order valence-electron chi connectivity index (χ1n) is 9.47. The van der Waals surface area contributed by atoms with Crippen molar-refractivity contribution in [2.24, 2.45) is 0 Å². The maximum Gasteiger partial charge on any atom is 0.328 e. The van der Waals surface area contributed by atoms with Crippen molar-refractivity contribution in [2.75, 3.05) is 13.2 Å². The maximum absolute atomic E-state index is 13.3. The van der Waals surface area contributed by atoms with Crippen LogP contribution in [0.2, 0.25) is 0 Å². The average Bonchev–Trinajstić information content (AvgIpc) is 2.74. The molecule has 1 aliphatic rings. The normalized spacial score (nSPS) is 17.0. The zero-order chi connectivity index (χ0) is 21.0. The van der Waals surface area contributed by atoms with Gasteiger partial charge in [0.1, 0.15) is 0 Å². The van der Waals surface area contributed by atoms with E-state index in [-0.39, 0.29) is 25.4 Å². The molecular weight excluding hydrogens is 370 g/mol. The van der Waals surface area contributed by atoms with Crippen LogP contribution in [-0.2, 0) is 24.5 Å². The predicted octanol–water partition coefficient (Wildman–Crippen LogP) is 3.29. The Labute approximate surface area is 169 Å². The van der Waals surface area contributed by atoms with Gasteiger partial charge in [0.25, 0.3) is 0 Å². The smallest absolute Gasteiger partial charge is 0.328 e. The Morgan fingerprint density at radius 3 is 2.17 bits per heavy atom. The zero-order valence-corrected chi connectivity index (χ0v) is 16.3. The minimum Gasteiger partial charge on any atom is -0.465 e. The first-order valence-corrected chi connectivity index (χ1v) is 9.47. The Bertz CT molecular complexity index is 969. The minimum absolute atomic E-state index is 0.0550. The fraction of sp³-hybridized carbons (Fsp3) is 0.304. The summed E-state index contributed by atoms with van der Waals surface area (Å²) in [5.74, 6) is -2.46. The molecule has 2 aromatic rings. The summed E-state index contributed by atoms with van der Waals surface area (Å²) in [5.41, 5.74) is -0.159. The first kappa shape index (κ1) is 20.3. The first-order chi connectivity index (χ1) is 14.0. The molecule has 148 valence electrons. The lowest BCUT2D eigenvalue weighted by Gasteiger charge is -2.40. The fourth-order valence-electron chi connectivity index (χ4n) is 3.94. The molecule has 29 heavy (non-hydrogen) atoms. The van der Waals surface area contributed by atoms with Gasteiger partial charge in [-0.1, -0.05) is 36.4 Å². The number of carbonyl (C=O) groups excluding carboxylic acids is 3. The van der Waals surface area contributed by atoms with Crippen molar-refractivity contribution in [2.45, 2.75) is 31.6 Å². The van der Waals surface area contributed by atoms with Crippen molar-refractivity contribution in [1.29, 1.82) is 5.26 Å². The van der Waals surface area contributed by atoms with E-state index < -0.39 is 23.3 Å². The number of Topliss-reactive ketones (excluding diaryl/α,β-unsaturated/α-hetero) is 1. The number of fused-ring (bicyclic) bond motifs is 1. The summed E-state index contributed by atoms with van der Waals surface area (Å²) in [6, 6.07) is 15.2. The standard InChI is InChI=1S/C23H21NO5/c1-3-28-21(26)23(22(27)29-4-2)18-8-6-5-7-17(18)20(25)13-19(23)16-11-9-15(14-24)10-12-16/h5-12,19H,3-4,13H2,1-2H3. The molecule has 0 spiro atoms.